The Hall–Kier alpha value is -1.01. The van der Waals surface area contributed by atoms with Crippen molar-refractivity contribution < 1.29 is 0 Å². The Morgan fingerprint density at radius 2 is 1.88 bits per heavy atom. The van der Waals surface area contributed by atoms with Crippen molar-refractivity contribution in [1.82, 2.24) is 19.8 Å². The Balaban J connectivity index is 2.45. The van der Waals surface area contributed by atoms with E-state index in [9.17, 15) is 0 Å². The molecule has 17 heavy (non-hydrogen) atoms. The fraction of sp³-hybridized carbons (Fsp3) is 0.727. The first-order valence-corrected chi connectivity index (χ1v) is 6.60. The van der Waals surface area contributed by atoms with E-state index in [1.165, 1.54) is 11.3 Å². The van der Waals surface area contributed by atoms with Crippen LogP contribution in [0.15, 0.2) is 0 Å². The zero-order valence-electron chi connectivity index (χ0n) is 10.9. The molecule has 1 unspecified atom stereocenters. The molecule has 0 radical (unpaired) electrons. The highest BCUT2D eigenvalue weighted by Gasteiger charge is 2.27. The van der Waals surface area contributed by atoms with Gasteiger partial charge in [0, 0.05) is 5.92 Å². The van der Waals surface area contributed by atoms with E-state index in [0.717, 1.165) is 15.8 Å². The summed E-state index contributed by atoms with van der Waals surface area (Å²) in [5.74, 6) is 1.20. The second-order valence-corrected chi connectivity index (χ2v) is 6.68. The summed E-state index contributed by atoms with van der Waals surface area (Å²) in [6, 6.07) is -0.0748. The molecule has 0 bridgehead atoms. The molecule has 0 aliphatic carbocycles. The quantitative estimate of drug-likeness (QED) is 0.892. The average Bonchev–Trinajstić information content (AvgIpc) is 2.71. The van der Waals surface area contributed by atoms with Gasteiger partial charge in [-0.05, 0) is 5.41 Å². The van der Waals surface area contributed by atoms with E-state index in [1.54, 1.807) is 0 Å². The lowest BCUT2D eigenvalue weighted by Crippen LogP contribution is -2.26. The van der Waals surface area contributed by atoms with Crippen molar-refractivity contribution in [3.8, 4) is 0 Å². The van der Waals surface area contributed by atoms with E-state index in [1.807, 2.05) is 4.52 Å². The van der Waals surface area contributed by atoms with E-state index in [-0.39, 0.29) is 11.5 Å². The minimum Gasteiger partial charge on any atom is -0.321 e. The summed E-state index contributed by atoms with van der Waals surface area (Å²) in [5.41, 5.74) is 6.21. The second kappa shape index (κ2) is 4.03. The monoisotopic (exact) mass is 253 g/mol. The van der Waals surface area contributed by atoms with Gasteiger partial charge in [0.25, 0.3) is 0 Å². The molecule has 0 amide bonds. The van der Waals surface area contributed by atoms with Gasteiger partial charge in [-0.3, -0.25) is 0 Å². The minimum atomic E-state index is -0.0748. The minimum absolute atomic E-state index is 0.00128. The first-order valence-electron chi connectivity index (χ1n) is 5.78. The van der Waals surface area contributed by atoms with Crippen LogP contribution in [-0.2, 0) is 0 Å². The molecule has 0 fully saturated rings. The Kier molecular flexibility index (Phi) is 2.95. The lowest BCUT2D eigenvalue weighted by Gasteiger charge is -2.24. The van der Waals surface area contributed by atoms with E-state index < -0.39 is 0 Å². The first-order chi connectivity index (χ1) is 7.80. The number of aromatic nitrogens is 4. The fourth-order valence-electron chi connectivity index (χ4n) is 1.50. The van der Waals surface area contributed by atoms with Gasteiger partial charge >= 0.3 is 0 Å². The highest BCUT2D eigenvalue weighted by atomic mass is 32.1. The van der Waals surface area contributed by atoms with Gasteiger partial charge in [0.1, 0.15) is 5.01 Å². The standard InChI is InChI=1S/C11H19N5S/c1-6(2)8-13-14-10-16(8)15-9(17-10)7(12)11(3,4)5/h6-7H,12H2,1-5H3. The van der Waals surface area contributed by atoms with Crippen LogP contribution in [0.3, 0.4) is 0 Å². The summed E-state index contributed by atoms with van der Waals surface area (Å²) in [5, 5.41) is 13.7. The lowest BCUT2D eigenvalue weighted by atomic mass is 9.88. The maximum atomic E-state index is 6.21. The number of nitrogens with two attached hydrogens (primary N) is 1. The SMILES string of the molecule is CC(C)c1nnc2sc(C(N)C(C)(C)C)nn12. The smallest absolute Gasteiger partial charge is 0.234 e. The molecule has 5 nitrogen and oxygen atoms in total. The molecule has 6 heteroatoms. The third-order valence-corrected chi connectivity index (χ3v) is 3.73. The molecular formula is C11H19N5S. The molecule has 0 saturated carbocycles. The highest BCUT2D eigenvalue weighted by Crippen LogP contribution is 2.33. The zero-order chi connectivity index (χ0) is 12.8. The average molecular weight is 253 g/mol. The van der Waals surface area contributed by atoms with Crippen LogP contribution in [-0.4, -0.2) is 19.8 Å². The highest BCUT2D eigenvalue weighted by molar-refractivity contribution is 7.16. The molecule has 1 atom stereocenters. The van der Waals surface area contributed by atoms with Crippen LogP contribution in [0.2, 0.25) is 0 Å². The molecule has 2 aromatic heterocycles. The van der Waals surface area contributed by atoms with Gasteiger partial charge in [0.2, 0.25) is 4.96 Å². The van der Waals surface area contributed by atoms with Crippen molar-refractivity contribution in [1.29, 1.82) is 0 Å². The molecule has 2 heterocycles. The zero-order valence-corrected chi connectivity index (χ0v) is 11.7. The van der Waals surface area contributed by atoms with E-state index in [2.05, 4.69) is 49.9 Å². The number of fused-ring (bicyclic) bond motifs is 1. The molecule has 0 spiro atoms. The molecule has 0 aliphatic heterocycles. The summed E-state index contributed by atoms with van der Waals surface area (Å²) < 4.78 is 1.82. The maximum absolute atomic E-state index is 6.21. The Morgan fingerprint density at radius 3 is 2.41 bits per heavy atom. The molecule has 2 aromatic rings. The fourth-order valence-corrected chi connectivity index (χ4v) is 2.60. The van der Waals surface area contributed by atoms with Crippen molar-refractivity contribution in [2.75, 3.05) is 0 Å². The molecular weight excluding hydrogens is 234 g/mol. The topological polar surface area (TPSA) is 69.1 Å². The van der Waals surface area contributed by atoms with Gasteiger partial charge in [-0.25, -0.2) is 0 Å². The number of hydrogen-bond donors (Lipinski definition) is 1. The van der Waals surface area contributed by atoms with Crippen LogP contribution in [0.4, 0.5) is 0 Å². The van der Waals surface area contributed by atoms with E-state index in [4.69, 9.17) is 5.73 Å². The van der Waals surface area contributed by atoms with E-state index >= 15 is 0 Å². The molecule has 2 rings (SSSR count). The summed E-state index contributed by atoms with van der Waals surface area (Å²) in [4.78, 5) is 0.823. The summed E-state index contributed by atoms with van der Waals surface area (Å²) >= 11 is 1.52. The van der Waals surface area contributed by atoms with Crippen LogP contribution in [0.25, 0.3) is 4.96 Å². The number of rotatable bonds is 2. The van der Waals surface area contributed by atoms with Crippen molar-refractivity contribution in [2.45, 2.75) is 46.6 Å². The van der Waals surface area contributed by atoms with Gasteiger partial charge in [-0.15, -0.1) is 10.2 Å². The normalized spacial score (nSPS) is 14.8. The van der Waals surface area contributed by atoms with Gasteiger partial charge in [0.05, 0.1) is 6.04 Å². The predicted molar refractivity (Wildman–Crippen MR) is 69.1 cm³/mol. The van der Waals surface area contributed by atoms with Crippen molar-refractivity contribution >= 4 is 16.3 Å². The van der Waals surface area contributed by atoms with E-state index in [0.29, 0.717) is 5.92 Å². The largest absolute Gasteiger partial charge is 0.321 e. The molecule has 94 valence electrons. The maximum Gasteiger partial charge on any atom is 0.234 e. The summed E-state index contributed by atoms with van der Waals surface area (Å²) in [6.45, 7) is 10.5. The molecule has 0 saturated heterocycles. The second-order valence-electron chi connectivity index (χ2n) is 5.69. The summed E-state index contributed by atoms with van der Waals surface area (Å²) in [6.07, 6.45) is 0. The van der Waals surface area contributed by atoms with Crippen LogP contribution in [0.1, 0.15) is 57.4 Å². The summed E-state index contributed by atoms with van der Waals surface area (Å²) in [7, 11) is 0. The van der Waals surface area contributed by atoms with Gasteiger partial charge in [-0.1, -0.05) is 46.0 Å². The van der Waals surface area contributed by atoms with Gasteiger partial charge in [-0.2, -0.15) is 9.61 Å². The lowest BCUT2D eigenvalue weighted by molar-refractivity contribution is 0.324. The molecule has 0 aliphatic rings. The van der Waals surface area contributed by atoms with Crippen molar-refractivity contribution in [2.24, 2.45) is 11.1 Å². The van der Waals surface area contributed by atoms with Crippen molar-refractivity contribution in [3.05, 3.63) is 10.8 Å². The van der Waals surface area contributed by atoms with Gasteiger partial charge < -0.3 is 5.73 Å². The van der Waals surface area contributed by atoms with Crippen LogP contribution >= 0.6 is 11.3 Å². The Bertz CT molecular complexity index is 519. The predicted octanol–water partition coefficient (Wildman–Crippen LogP) is 2.36. The molecule has 0 aromatic carbocycles. The first kappa shape index (κ1) is 12.4. The van der Waals surface area contributed by atoms with Crippen molar-refractivity contribution in [3.63, 3.8) is 0 Å². The number of nitrogens with zero attached hydrogens (tertiary/aromatic N) is 4. The Morgan fingerprint density at radius 1 is 1.24 bits per heavy atom. The Labute approximate surface area is 105 Å². The van der Waals surface area contributed by atoms with Crippen LogP contribution in [0, 0.1) is 5.41 Å². The molecule has 2 N–H and O–H groups in total. The third kappa shape index (κ3) is 2.19. The van der Waals surface area contributed by atoms with Gasteiger partial charge in [0.15, 0.2) is 5.82 Å². The van der Waals surface area contributed by atoms with Crippen LogP contribution < -0.4 is 5.73 Å². The van der Waals surface area contributed by atoms with Crippen LogP contribution in [0.5, 0.6) is 0 Å². The number of hydrogen-bond acceptors (Lipinski definition) is 5. The third-order valence-electron chi connectivity index (χ3n) is 2.75.